The molecule has 0 N–H and O–H groups in total. The maximum atomic E-state index is 12.6. The van der Waals surface area contributed by atoms with Gasteiger partial charge in [0.2, 0.25) is 5.91 Å². The third kappa shape index (κ3) is 2.33. The lowest BCUT2D eigenvalue weighted by atomic mass is 9.96. The van der Waals surface area contributed by atoms with E-state index in [0.717, 1.165) is 18.5 Å². The van der Waals surface area contributed by atoms with Gasteiger partial charge in [0.1, 0.15) is 5.69 Å². The first-order chi connectivity index (χ1) is 11.1. The van der Waals surface area contributed by atoms with E-state index in [1.807, 2.05) is 23.0 Å². The molecule has 4 rings (SSSR count). The molecule has 0 radical (unpaired) electrons. The standard InChI is InChI=1S/C15H17N5O2S/c1-18-7-10(6-17-18)20-13-4-5-19(12(13)2-3-14(20)21)15(22)11-8-23-9-16-11/h6-9,12-13H,2-5H2,1H3/t12-,13-/m1/s1. The van der Waals surface area contributed by atoms with Crippen molar-refractivity contribution < 1.29 is 9.59 Å². The summed E-state index contributed by atoms with van der Waals surface area (Å²) in [4.78, 5) is 32.9. The summed E-state index contributed by atoms with van der Waals surface area (Å²) in [6.07, 6.45) is 5.53. The van der Waals surface area contributed by atoms with Crippen LogP contribution in [0.3, 0.4) is 0 Å². The zero-order valence-corrected chi connectivity index (χ0v) is 13.6. The number of hydrogen-bond donors (Lipinski definition) is 0. The van der Waals surface area contributed by atoms with Crippen LogP contribution in [0.5, 0.6) is 0 Å². The minimum Gasteiger partial charge on any atom is -0.332 e. The number of rotatable bonds is 2. The summed E-state index contributed by atoms with van der Waals surface area (Å²) in [5, 5.41) is 5.95. The van der Waals surface area contributed by atoms with Gasteiger partial charge in [0.05, 0.1) is 29.5 Å². The highest BCUT2D eigenvalue weighted by molar-refractivity contribution is 7.07. The Kier molecular flexibility index (Phi) is 3.41. The van der Waals surface area contributed by atoms with Crippen molar-refractivity contribution in [2.24, 2.45) is 7.05 Å². The van der Waals surface area contributed by atoms with E-state index in [9.17, 15) is 9.59 Å². The number of piperidine rings is 1. The van der Waals surface area contributed by atoms with Crippen LogP contribution in [0.2, 0.25) is 0 Å². The Labute approximate surface area is 137 Å². The fraction of sp³-hybridized carbons (Fsp3) is 0.467. The van der Waals surface area contributed by atoms with Crippen molar-refractivity contribution in [2.45, 2.75) is 31.3 Å². The first-order valence-corrected chi connectivity index (χ1v) is 8.59. The van der Waals surface area contributed by atoms with E-state index in [1.165, 1.54) is 11.3 Å². The SMILES string of the molecule is Cn1cc(N2C(=O)CC[C@@H]3[C@H]2CCN3C(=O)c2cscn2)cn1. The number of carbonyl (C=O) groups excluding carboxylic acids is 2. The molecule has 0 aliphatic carbocycles. The first kappa shape index (κ1) is 14.4. The lowest BCUT2D eigenvalue weighted by Gasteiger charge is -2.38. The summed E-state index contributed by atoms with van der Waals surface area (Å²) in [5.74, 6) is 0.0847. The van der Waals surface area contributed by atoms with Gasteiger partial charge in [-0.3, -0.25) is 14.3 Å². The number of anilines is 1. The molecule has 2 atom stereocenters. The molecule has 0 unspecified atom stereocenters. The Balaban J connectivity index is 1.61. The van der Waals surface area contributed by atoms with Crippen LogP contribution in [-0.2, 0) is 11.8 Å². The summed E-state index contributed by atoms with van der Waals surface area (Å²) in [6.45, 7) is 0.662. The van der Waals surface area contributed by atoms with Gasteiger partial charge in [-0.1, -0.05) is 0 Å². The average Bonchev–Trinajstić information content (AvgIpc) is 3.26. The largest absolute Gasteiger partial charge is 0.332 e. The van der Waals surface area contributed by atoms with Crippen LogP contribution < -0.4 is 4.90 Å². The van der Waals surface area contributed by atoms with E-state index in [2.05, 4.69) is 10.1 Å². The molecule has 2 amide bonds. The fourth-order valence-corrected chi connectivity index (χ4v) is 4.17. The Morgan fingerprint density at radius 2 is 2.22 bits per heavy atom. The highest BCUT2D eigenvalue weighted by Gasteiger charge is 2.46. The zero-order valence-electron chi connectivity index (χ0n) is 12.8. The van der Waals surface area contributed by atoms with Crippen molar-refractivity contribution in [1.29, 1.82) is 0 Å². The monoisotopic (exact) mass is 331 g/mol. The number of aromatic nitrogens is 3. The number of amides is 2. The minimum absolute atomic E-state index is 0.0285. The lowest BCUT2D eigenvalue weighted by molar-refractivity contribution is -0.120. The maximum Gasteiger partial charge on any atom is 0.273 e. The molecule has 2 aliphatic heterocycles. The normalized spacial score (nSPS) is 24.1. The summed E-state index contributed by atoms with van der Waals surface area (Å²) in [7, 11) is 1.84. The summed E-state index contributed by atoms with van der Waals surface area (Å²) in [5.41, 5.74) is 2.99. The Hall–Kier alpha value is -2.22. The number of carbonyl (C=O) groups is 2. The molecule has 0 saturated carbocycles. The van der Waals surface area contributed by atoms with Crippen LogP contribution in [0, 0.1) is 0 Å². The van der Waals surface area contributed by atoms with Crippen LogP contribution in [0.25, 0.3) is 0 Å². The van der Waals surface area contributed by atoms with Crippen molar-refractivity contribution in [3.05, 3.63) is 29.0 Å². The molecule has 0 aromatic carbocycles. The second-order valence-corrected chi connectivity index (χ2v) is 6.69. The van der Waals surface area contributed by atoms with Gasteiger partial charge in [-0.05, 0) is 12.8 Å². The number of hydrogen-bond acceptors (Lipinski definition) is 5. The molecular formula is C15H17N5O2S. The van der Waals surface area contributed by atoms with Crippen LogP contribution >= 0.6 is 11.3 Å². The molecule has 4 heterocycles. The van der Waals surface area contributed by atoms with E-state index >= 15 is 0 Å². The van der Waals surface area contributed by atoms with E-state index in [0.29, 0.717) is 18.7 Å². The van der Waals surface area contributed by atoms with E-state index < -0.39 is 0 Å². The van der Waals surface area contributed by atoms with Gasteiger partial charge in [-0.2, -0.15) is 5.10 Å². The minimum atomic E-state index is -0.0285. The predicted molar refractivity (Wildman–Crippen MR) is 85.3 cm³/mol. The Morgan fingerprint density at radius 3 is 2.91 bits per heavy atom. The summed E-state index contributed by atoms with van der Waals surface area (Å²) in [6, 6.07) is 0.0881. The smallest absolute Gasteiger partial charge is 0.273 e. The van der Waals surface area contributed by atoms with Crippen molar-refractivity contribution in [3.8, 4) is 0 Å². The van der Waals surface area contributed by atoms with Gasteiger partial charge in [0, 0.05) is 31.6 Å². The van der Waals surface area contributed by atoms with Gasteiger partial charge < -0.3 is 9.80 Å². The van der Waals surface area contributed by atoms with Crippen molar-refractivity contribution in [3.63, 3.8) is 0 Å². The van der Waals surface area contributed by atoms with Crippen LogP contribution in [0.1, 0.15) is 29.8 Å². The van der Waals surface area contributed by atoms with Crippen LogP contribution in [-0.4, -0.2) is 50.1 Å². The summed E-state index contributed by atoms with van der Waals surface area (Å²) >= 11 is 1.42. The van der Waals surface area contributed by atoms with Gasteiger partial charge in [-0.15, -0.1) is 11.3 Å². The second kappa shape index (κ2) is 5.45. The van der Waals surface area contributed by atoms with Crippen LogP contribution in [0.15, 0.2) is 23.3 Å². The third-order valence-electron chi connectivity index (χ3n) is 4.65. The average molecular weight is 331 g/mol. The molecule has 2 aromatic rings. The van der Waals surface area contributed by atoms with Gasteiger partial charge >= 0.3 is 0 Å². The van der Waals surface area contributed by atoms with Gasteiger partial charge in [0.15, 0.2) is 0 Å². The van der Waals surface area contributed by atoms with E-state index in [-0.39, 0.29) is 23.9 Å². The quantitative estimate of drug-likeness (QED) is 0.831. The molecule has 0 spiro atoms. The number of likely N-dealkylation sites (tertiary alicyclic amines) is 1. The van der Waals surface area contributed by atoms with Crippen molar-refractivity contribution >= 4 is 28.8 Å². The third-order valence-corrected chi connectivity index (χ3v) is 5.23. The Bertz CT molecular complexity index is 741. The second-order valence-electron chi connectivity index (χ2n) is 5.97. The molecule has 2 saturated heterocycles. The first-order valence-electron chi connectivity index (χ1n) is 7.65. The molecule has 120 valence electrons. The molecule has 2 aliphatic rings. The number of aryl methyl sites for hydroxylation is 1. The Morgan fingerprint density at radius 1 is 1.35 bits per heavy atom. The molecule has 23 heavy (non-hydrogen) atoms. The highest BCUT2D eigenvalue weighted by atomic mass is 32.1. The van der Waals surface area contributed by atoms with Crippen LogP contribution in [0.4, 0.5) is 5.69 Å². The predicted octanol–water partition coefficient (Wildman–Crippen LogP) is 1.29. The number of nitrogens with zero attached hydrogens (tertiary/aromatic N) is 5. The maximum absolute atomic E-state index is 12.6. The lowest BCUT2D eigenvalue weighted by Crippen LogP contribution is -2.53. The fourth-order valence-electron chi connectivity index (χ4n) is 3.65. The van der Waals surface area contributed by atoms with Gasteiger partial charge in [0.25, 0.3) is 5.91 Å². The van der Waals surface area contributed by atoms with Gasteiger partial charge in [-0.25, -0.2) is 4.98 Å². The highest BCUT2D eigenvalue weighted by Crippen LogP contribution is 2.35. The molecule has 2 aromatic heterocycles. The van der Waals surface area contributed by atoms with E-state index in [1.54, 1.807) is 21.8 Å². The van der Waals surface area contributed by atoms with E-state index in [4.69, 9.17) is 0 Å². The topological polar surface area (TPSA) is 71.3 Å². The summed E-state index contributed by atoms with van der Waals surface area (Å²) < 4.78 is 1.69. The molecule has 8 heteroatoms. The molecule has 2 fully saturated rings. The molecule has 7 nitrogen and oxygen atoms in total. The number of thiazole rings is 1. The van der Waals surface area contributed by atoms with Crippen molar-refractivity contribution in [2.75, 3.05) is 11.4 Å². The van der Waals surface area contributed by atoms with Crippen molar-refractivity contribution in [1.82, 2.24) is 19.7 Å². The zero-order chi connectivity index (χ0) is 16.0. The number of fused-ring (bicyclic) bond motifs is 1. The molecular weight excluding hydrogens is 314 g/mol. The molecule has 0 bridgehead atoms.